The smallest absolute Gasteiger partial charge is 0.419 e. The Morgan fingerprint density at radius 2 is 2.00 bits per heavy atom. The van der Waals surface area contributed by atoms with E-state index in [1.807, 2.05) is 0 Å². The highest BCUT2D eigenvalue weighted by molar-refractivity contribution is 5.85. The summed E-state index contributed by atoms with van der Waals surface area (Å²) in [5.41, 5.74) is -0.818. The van der Waals surface area contributed by atoms with Gasteiger partial charge in [-0.25, -0.2) is 0 Å². The van der Waals surface area contributed by atoms with E-state index in [2.05, 4.69) is 10.1 Å². The summed E-state index contributed by atoms with van der Waals surface area (Å²) < 4.78 is 48.4. The van der Waals surface area contributed by atoms with Crippen LogP contribution in [0.5, 0.6) is 5.75 Å². The van der Waals surface area contributed by atoms with Gasteiger partial charge in [-0.05, 0) is 12.1 Å². The van der Waals surface area contributed by atoms with Gasteiger partial charge in [-0.3, -0.25) is 4.79 Å². The molecule has 0 radical (unpaired) electrons. The molecule has 0 saturated carbocycles. The van der Waals surface area contributed by atoms with Crippen LogP contribution in [0.2, 0.25) is 0 Å². The minimum absolute atomic E-state index is 0. The monoisotopic (exact) mass is 325 g/mol. The van der Waals surface area contributed by atoms with Gasteiger partial charge in [-0.2, -0.15) is 13.2 Å². The molecular formula is C13H15ClF3NO3. The normalized spacial score (nSPS) is 21.5. The molecule has 2 rings (SSSR count). The molecule has 0 amide bonds. The molecule has 0 aliphatic carbocycles. The number of carbonyl (C=O) groups is 1. The van der Waals surface area contributed by atoms with Crippen LogP contribution in [-0.2, 0) is 15.7 Å². The lowest BCUT2D eigenvalue weighted by Gasteiger charge is -2.17. The third-order valence-electron chi connectivity index (χ3n) is 3.06. The summed E-state index contributed by atoms with van der Waals surface area (Å²) >= 11 is 0. The van der Waals surface area contributed by atoms with Gasteiger partial charge in [0.1, 0.15) is 17.9 Å². The Hall–Kier alpha value is -1.47. The Morgan fingerprint density at radius 1 is 1.33 bits per heavy atom. The molecule has 1 saturated heterocycles. The molecule has 118 valence electrons. The summed E-state index contributed by atoms with van der Waals surface area (Å²) in [4.78, 5) is 11.3. The summed E-state index contributed by atoms with van der Waals surface area (Å²) in [6.07, 6.45) is -4.69. The van der Waals surface area contributed by atoms with Crippen molar-refractivity contribution in [2.45, 2.75) is 24.7 Å². The average molecular weight is 326 g/mol. The fraction of sp³-hybridized carbons (Fsp3) is 0.462. The molecule has 21 heavy (non-hydrogen) atoms. The van der Waals surface area contributed by atoms with Gasteiger partial charge in [0.05, 0.1) is 12.7 Å². The number of hydrogen-bond acceptors (Lipinski definition) is 4. The van der Waals surface area contributed by atoms with Crippen LogP contribution in [-0.4, -0.2) is 31.8 Å². The second kappa shape index (κ2) is 7.00. The fourth-order valence-corrected chi connectivity index (χ4v) is 2.10. The average Bonchev–Trinajstić information content (AvgIpc) is 2.86. The zero-order valence-corrected chi connectivity index (χ0v) is 12.0. The molecular weight excluding hydrogens is 311 g/mol. The van der Waals surface area contributed by atoms with Gasteiger partial charge >= 0.3 is 12.1 Å². The number of rotatable bonds is 3. The summed E-state index contributed by atoms with van der Waals surface area (Å²) in [5.74, 6) is -0.669. The summed E-state index contributed by atoms with van der Waals surface area (Å²) in [5, 5.41) is 2.86. The van der Waals surface area contributed by atoms with Gasteiger partial charge in [-0.15, -0.1) is 12.4 Å². The van der Waals surface area contributed by atoms with E-state index in [0.717, 1.165) is 6.07 Å². The van der Waals surface area contributed by atoms with Crippen LogP contribution in [0.1, 0.15) is 12.0 Å². The molecule has 0 aromatic heterocycles. The first-order valence-electron chi connectivity index (χ1n) is 6.06. The molecule has 4 nitrogen and oxygen atoms in total. The highest BCUT2D eigenvalue weighted by Gasteiger charge is 2.36. The van der Waals surface area contributed by atoms with Crippen LogP contribution in [0.15, 0.2) is 24.3 Å². The summed E-state index contributed by atoms with van der Waals surface area (Å²) in [7, 11) is 1.26. The molecule has 0 spiro atoms. The maximum Gasteiger partial charge on any atom is 0.419 e. The van der Waals surface area contributed by atoms with E-state index in [4.69, 9.17) is 4.74 Å². The number of nitrogens with one attached hydrogen (secondary N) is 1. The molecule has 1 aliphatic rings. The molecule has 1 aromatic rings. The number of esters is 1. The minimum atomic E-state index is -4.47. The summed E-state index contributed by atoms with van der Waals surface area (Å²) in [6, 6.07) is 4.48. The van der Waals surface area contributed by atoms with Gasteiger partial charge in [-0.1, -0.05) is 12.1 Å². The Kier molecular flexibility index (Phi) is 5.86. The minimum Gasteiger partial charge on any atom is -0.488 e. The van der Waals surface area contributed by atoms with Crippen LogP contribution in [0.4, 0.5) is 13.2 Å². The number of benzene rings is 1. The van der Waals surface area contributed by atoms with Crippen molar-refractivity contribution in [3.63, 3.8) is 0 Å². The highest BCUT2D eigenvalue weighted by Crippen LogP contribution is 2.36. The molecule has 1 aliphatic heterocycles. The maximum atomic E-state index is 12.8. The van der Waals surface area contributed by atoms with E-state index in [9.17, 15) is 18.0 Å². The molecule has 2 atom stereocenters. The number of halogens is 4. The molecule has 0 unspecified atom stereocenters. The Balaban J connectivity index is 0.00000220. The third-order valence-corrected chi connectivity index (χ3v) is 3.06. The van der Waals surface area contributed by atoms with Crippen molar-refractivity contribution in [1.29, 1.82) is 0 Å². The van der Waals surface area contributed by atoms with E-state index >= 15 is 0 Å². The van der Waals surface area contributed by atoms with E-state index in [1.54, 1.807) is 0 Å². The van der Waals surface area contributed by atoms with E-state index in [1.165, 1.54) is 25.3 Å². The van der Waals surface area contributed by atoms with Crippen LogP contribution in [0.3, 0.4) is 0 Å². The number of methoxy groups -OCH3 is 1. The van der Waals surface area contributed by atoms with Crippen LogP contribution < -0.4 is 10.1 Å². The lowest BCUT2D eigenvalue weighted by molar-refractivity contribution is -0.143. The largest absolute Gasteiger partial charge is 0.488 e. The molecule has 0 bridgehead atoms. The topological polar surface area (TPSA) is 47.6 Å². The van der Waals surface area contributed by atoms with Crippen molar-refractivity contribution in [1.82, 2.24) is 5.32 Å². The van der Waals surface area contributed by atoms with Crippen molar-refractivity contribution >= 4 is 18.4 Å². The van der Waals surface area contributed by atoms with Crippen LogP contribution in [0.25, 0.3) is 0 Å². The highest BCUT2D eigenvalue weighted by atomic mass is 35.5. The molecule has 8 heteroatoms. The van der Waals surface area contributed by atoms with Gasteiger partial charge in [0, 0.05) is 13.0 Å². The second-order valence-corrected chi connectivity index (χ2v) is 4.45. The molecule has 1 fully saturated rings. The zero-order valence-electron chi connectivity index (χ0n) is 11.1. The fourth-order valence-electron chi connectivity index (χ4n) is 2.10. The van der Waals surface area contributed by atoms with Gasteiger partial charge in [0.15, 0.2) is 0 Å². The van der Waals surface area contributed by atoms with E-state index in [0.29, 0.717) is 6.54 Å². The van der Waals surface area contributed by atoms with Crippen molar-refractivity contribution in [3.05, 3.63) is 29.8 Å². The van der Waals surface area contributed by atoms with Gasteiger partial charge < -0.3 is 14.8 Å². The first kappa shape index (κ1) is 17.6. The Morgan fingerprint density at radius 3 is 2.62 bits per heavy atom. The van der Waals surface area contributed by atoms with Crippen LogP contribution in [0, 0.1) is 0 Å². The number of hydrogen-bond donors (Lipinski definition) is 1. The predicted molar refractivity (Wildman–Crippen MR) is 71.5 cm³/mol. The molecule has 1 aromatic carbocycles. The number of alkyl halides is 3. The number of carbonyl (C=O) groups excluding carboxylic acids is 1. The lowest BCUT2D eigenvalue weighted by Crippen LogP contribution is -2.31. The maximum absolute atomic E-state index is 12.8. The van der Waals surface area contributed by atoms with E-state index in [-0.39, 0.29) is 24.6 Å². The number of ether oxygens (including phenoxy) is 2. The summed E-state index contributed by atoms with van der Waals surface area (Å²) in [6.45, 7) is 0.298. The second-order valence-electron chi connectivity index (χ2n) is 4.45. The SMILES string of the molecule is COC(=O)[C@@H]1C[C@@H](Oc2ccccc2C(F)(F)F)CN1.Cl. The van der Waals surface area contributed by atoms with E-state index < -0.39 is 29.9 Å². The zero-order chi connectivity index (χ0) is 14.8. The first-order chi connectivity index (χ1) is 9.41. The van der Waals surface area contributed by atoms with Crippen LogP contribution >= 0.6 is 12.4 Å². The number of para-hydroxylation sites is 1. The van der Waals surface area contributed by atoms with Gasteiger partial charge in [0.25, 0.3) is 0 Å². The quantitative estimate of drug-likeness (QED) is 0.867. The van der Waals surface area contributed by atoms with Crippen molar-refractivity contribution in [2.24, 2.45) is 0 Å². The lowest BCUT2D eigenvalue weighted by atomic mass is 10.1. The Bertz CT molecular complexity index is 496. The third kappa shape index (κ3) is 4.25. The predicted octanol–water partition coefficient (Wildman–Crippen LogP) is 2.41. The van der Waals surface area contributed by atoms with Crippen molar-refractivity contribution in [3.8, 4) is 5.75 Å². The van der Waals surface area contributed by atoms with Gasteiger partial charge in [0.2, 0.25) is 0 Å². The molecule has 1 N–H and O–H groups in total. The van der Waals surface area contributed by atoms with Crippen molar-refractivity contribution < 1.29 is 27.4 Å². The molecule has 1 heterocycles. The Labute approximate surface area is 126 Å². The standard InChI is InChI=1S/C13H14F3NO3.ClH/c1-19-12(18)10-6-8(7-17-10)20-11-5-3-2-4-9(11)13(14,15)16;/h2-5,8,10,17H,6-7H2,1H3;1H/t8-,10+;/m1./s1. The van der Waals surface area contributed by atoms with Crippen molar-refractivity contribution in [2.75, 3.05) is 13.7 Å². The first-order valence-corrected chi connectivity index (χ1v) is 6.06.